The largest absolute Gasteiger partial charge is 0.453 e. The van der Waals surface area contributed by atoms with Gasteiger partial charge in [0.05, 0.1) is 11.4 Å². The van der Waals surface area contributed by atoms with Crippen molar-refractivity contribution in [2.24, 2.45) is 0 Å². The van der Waals surface area contributed by atoms with Gasteiger partial charge in [-0.3, -0.25) is 0 Å². The van der Waals surface area contributed by atoms with Crippen molar-refractivity contribution >= 4 is 11.4 Å². The van der Waals surface area contributed by atoms with Crippen LogP contribution in [0.2, 0.25) is 0 Å². The average Bonchev–Trinajstić information content (AvgIpc) is 2.59. The second-order valence-electron chi connectivity index (χ2n) is 6.38. The lowest BCUT2D eigenvalue weighted by molar-refractivity contribution is 0.480. The quantitative estimate of drug-likeness (QED) is 0.460. The van der Waals surface area contributed by atoms with Crippen molar-refractivity contribution in [3.8, 4) is 11.5 Å². The van der Waals surface area contributed by atoms with Crippen LogP contribution >= 0.6 is 0 Å². The maximum atomic E-state index is 6.03. The Kier molecular flexibility index (Phi) is 5.57. The van der Waals surface area contributed by atoms with Crippen molar-refractivity contribution < 1.29 is 4.74 Å². The third kappa shape index (κ3) is 4.07. The fraction of sp³-hybridized carbons (Fsp3) is 0.429. The maximum Gasteiger partial charge on any atom is 0.151 e. The van der Waals surface area contributed by atoms with E-state index in [-0.39, 0.29) is 0 Å². The summed E-state index contributed by atoms with van der Waals surface area (Å²) in [5.74, 6) is 1.86. The number of aryl methyl sites for hydroxylation is 1. The second-order valence-corrected chi connectivity index (χ2v) is 6.38. The second kappa shape index (κ2) is 8.05. The summed E-state index contributed by atoms with van der Waals surface area (Å²) in [7, 11) is 0. The number of ether oxygens (including phenoxy) is 1. The molecule has 0 saturated carbocycles. The minimum Gasteiger partial charge on any atom is -0.453 e. The molecule has 0 spiro atoms. The number of rotatable bonds is 8. The zero-order chi connectivity index (χ0) is 15.9. The van der Waals surface area contributed by atoms with E-state index in [1.54, 1.807) is 0 Å². The summed E-state index contributed by atoms with van der Waals surface area (Å²) in [5, 5.41) is 3.55. The van der Waals surface area contributed by atoms with Crippen LogP contribution in [0.3, 0.4) is 0 Å². The lowest BCUT2D eigenvalue weighted by Gasteiger charge is -2.24. The summed E-state index contributed by atoms with van der Waals surface area (Å²) in [6.45, 7) is 2.27. The zero-order valence-electron chi connectivity index (χ0n) is 14.1. The molecule has 0 radical (unpaired) electrons. The minimum absolute atomic E-state index is 0.910. The number of benzene rings is 2. The predicted octanol–water partition coefficient (Wildman–Crippen LogP) is 6.83. The summed E-state index contributed by atoms with van der Waals surface area (Å²) in [6.07, 6.45) is 10.5. The van der Waals surface area contributed by atoms with Crippen LogP contribution in [-0.4, -0.2) is 0 Å². The first-order valence-electron chi connectivity index (χ1n) is 9.04. The van der Waals surface area contributed by atoms with Crippen molar-refractivity contribution in [2.75, 3.05) is 5.32 Å². The number of fused-ring (bicyclic) bond motifs is 2. The third-order valence-corrected chi connectivity index (χ3v) is 4.53. The van der Waals surface area contributed by atoms with Crippen molar-refractivity contribution in [2.45, 2.75) is 58.3 Å². The Morgan fingerprint density at radius 1 is 0.783 bits per heavy atom. The molecule has 23 heavy (non-hydrogen) atoms. The van der Waals surface area contributed by atoms with E-state index in [9.17, 15) is 0 Å². The van der Waals surface area contributed by atoms with Crippen LogP contribution in [0.25, 0.3) is 0 Å². The van der Waals surface area contributed by atoms with E-state index >= 15 is 0 Å². The van der Waals surface area contributed by atoms with Gasteiger partial charge in [0.2, 0.25) is 0 Å². The Labute approximate surface area is 139 Å². The molecule has 0 amide bonds. The number of hydrogen-bond acceptors (Lipinski definition) is 2. The molecule has 0 saturated heterocycles. The molecule has 2 nitrogen and oxygen atoms in total. The van der Waals surface area contributed by atoms with Gasteiger partial charge < -0.3 is 10.1 Å². The van der Waals surface area contributed by atoms with E-state index in [0.717, 1.165) is 29.3 Å². The van der Waals surface area contributed by atoms with Gasteiger partial charge >= 0.3 is 0 Å². The SMILES string of the molecule is CCCCCCCCCc1cccc2c1Nc1ccccc1O2. The molecule has 1 heterocycles. The topological polar surface area (TPSA) is 21.3 Å². The molecule has 3 rings (SSSR count). The third-order valence-electron chi connectivity index (χ3n) is 4.53. The summed E-state index contributed by atoms with van der Waals surface area (Å²) in [5.41, 5.74) is 3.58. The van der Waals surface area contributed by atoms with Crippen LogP contribution in [0, 0.1) is 0 Å². The molecule has 0 aliphatic carbocycles. The minimum atomic E-state index is 0.910. The van der Waals surface area contributed by atoms with E-state index in [2.05, 4.69) is 30.4 Å². The molecule has 1 aliphatic heterocycles. The molecule has 1 aliphatic rings. The van der Waals surface area contributed by atoms with Crippen molar-refractivity contribution in [3.05, 3.63) is 48.0 Å². The van der Waals surface area contributed by atoms with Crippen LogP contribution in [0.4, 0.5) is 11.4 Å². The van der Waals surface area contributed by atoms with Gasteiger partial charge in [0.15, 0.2) is 11.5 Å². The first-order valence-corrected chi connectivity index (χ1v) is 9.04. The van der Waals surface area contributed by atoms with Crippen molar-refractivity contribution in [1.82, 2.24) is 0 Å². The van der Waals surface area contributed by atoms with E-state index in [1.165, 1.54) is 50.5 Å². The summed E-state index contributed by atoms with van der Waals surface area (Å²) in [4.78, 5) is 0. The van der Waals surface area contributed by atoms with Crippen LogP contribution in [-0.2, 0) is 6.42 Å². The molecule has 122 valence electrons. The molecule has 0 aromatic heterocycles. The molecule has 2 aromatic rings. The average molecular weight is 309 g/mol. The molecule has 0 unspecified atom stereocenters. The Morgan fingerprint density at radius 2 is 1.52 bits per heavy atom. The number of unbranched alkanes of at least 4 members (excludes halogenated alkanes) is 6. The molecule has 2 heteroatoms. The van der Waals surface area contributed by atoms with Crippen LogP contribution < -0.4 is 10.1 Å². The van der Waals surface area contributed by atoms with Crippen LogP contribution in [0.15, 0.2) is 42.5 Å². The molecule has 0 bridgehead atoms. The lowest BCUT2D eigenvalue weighted by Crippen LogP contribution is -2.05. The van der Waals surface area contributed by atoms with Gasteiger partial charge in [-0.15, -0.1) is 0 Å². The van der Waals surface area contributed by atoms with Crippen LogP contribution in [0.1, 0.15) is 57.4 Å². The fourth-order valence-electron chi connectivity index (χ4n) is 3.20. The summed E-state index contributed by atoms with van der Waals surface area (Å²) in [6, 6.07) is 14.5. The van der Waals surface area contributed by atoms with E-state index in [4.69, 9.17) is 4.74 Å². The normalized spacial score (nSPS) is 12.0. The smallest absolute Gasteiger partial charge is 0.151 e. The fourth-order valence-corrected chi connectivity index (χ4v) is 3.20. The number of hydrogen-bond donors (Lipinski definition) is 1. The Balaban J connectivity index is 1.56. The lowest BCUT2D eigenvalue weighted by atomic mass is 10.0. The standard InChI is InChI=1S/C21H27NO/c1-2-3-4-5-6-7-8-12-17-13-11-16-20-21(17)22-18-14-9-10-15-19(18)23-20/h9-11,13-16,22H,2-8,12H2,1H3. The van der Waals surface area contributed by atoms with E-state index < -0.39 is 0 Å². The molecular formula is C21H27NO. The maximum absolute atomic E-state index is 6.03. The molecule has 0 atom stereocenters. The highest BCUT2D eigenvalue weighted by Crippen LogP contribution is 2.43. The van der Waals surface area contributed by atoms with E-state index in [1.807, 2.05) is 24.3 Å². The van der Waals surface area contributed by atoms with Gasteiger partial charge in [0, 0.05) is 0 Å². The monoisotopic (exact) mass is 309 g/mol. The van der Waals surface area contributed by atoms with Gasteiger partial charge in [-0.2, -0.15) is 0 Å². The highest BCUT2D eigenvalue weighted by molar-refractivity contribution is 5.77. The summed E-state index contributed by atoms with van der Waals surface area (Å²) >= 11 is 0. The molecule has 2 aromatic carbocycles. The van der Waals surface area contributed by atoms with Gasteiger partial charge in [0.1, 0.15) is 0 Å². The van der Waals surface area contributed by atoms with E-state index in [0.29, 0.717) is 0 Å². The van der Waals surface area contributed by atoms with Gasteiger partial charge in [0.25, 0.3) is 0 Å². The number of nitrogens with one attached hydrogen (secondary N) is 1. The Hall–Kier alpha value is -1.96. The highest BCUT2D eigenvalue weighted by Gasteiger charge is 2.18. The number of para-hydroxylation sites is 3. The van der Waals surface area contributed by atoms with Gasteiger partial charge in [-0.1, -0.05) is 69.7 Å². The van der Waals surface area contributed by atoms with Crippen molar-refractivity contribution in [1.29, 1.82) is 0 Å². The molecule has 0 fully saturated rings. The van der Waals surface area contributed by atoms with Gasteiger partial charge in [-0.25, -0.2) is 0 Å². The highest BCUT2D eigenvalue weighted by atomic mass is 16.5. The Morgan fingerprint density at radius 3 is 2.39 bits per heavy atom. The number of anilines is 2. The van der Waals surface area contributed by atoms with Crippen LogP contribution in [0.5, 0.6) is 11.5 Å². The Bertz CT molecular complexity index is 635. The summed E-state index contributed by atoms with van der Waals surface area (Å²) < 4.78 is 6.03. The molecule has 1 N–H and O–H groups in total. The molecular weight excluding hydrogens is 282 g/mol. The zero-order valence-corrected chi connectivity index (χ0v) is 14.1. The van der Waals surface area contributed by atoms with Crippen molar-refractivity contribution in [3.63, 3.8) is 0 Å². The predicted molar refractivity (Wildman–Crippen MR) is 97.9 cm³/mol. The van der Waals surface area contributed by atoms with Gasteiger partial charge in [-0.05, 0) is 36.6 Å². The first-order chi connectivity index (χ1) is 11.4. The first kappa shape index (κ1) is 15.9.